The summed E-state index contributed by atoms with van der Waals surface area (Å²) in [5.74, 6) is -1.71. The van der Waals surface area contributed by atoms with Gasteiger partial charge in [-0.2, -0.15) is 0 Å². The molecule has 0 radical (unpaired) electrons. The minimum Gasteiger partial charge on any atom is -0.381 e. The number of hydrogen-bond donors (Lipinski definition) is 1. The van der Waals surface area contributed by atoms with Crippen molar-refractivity contribution in [3.63, 3.8) is 0 Å². The average Bonchev–Trinajstić information content (AvgIpc) is 2.28. The van der Waals surface area contributed by atoms with Gasteiger partial charge in [0.25, 0.3) is 0 Å². The molecule has 0 amide bonds. The van der Waals surface area contributed by atoms with Crippen LogP contribution in [0.25, 0.3) is 0 Å². The van der Waals surface area contributed by atoms with E-state index in [1.54, 1.807) is 0 Å². The molecule has 0 aliphatic heterocycles. The maximum atomic E-state index is 13.3. The highest BCUT2D eigenvalue weighted by Gasteiger charge is 2.14. The monoisotopic (exact) mass is 229 g/mol. The van der Waals surface area contributed by atoms with E-state index in [0.29, 0.717) is 19.6 Å². The summed E-state index contributed by atoms with van der Waals surface area (Å²) in [5.41, 5.74) is 5.97. The molecule has 0 fully saturated rings. The van der Waals surface area contributed by atoms with E-state index in [0.717, 1.165) is 12.5 Å². The SMILES string of the molecule is CCCOCCC(N)c1cccc(F)c1F. The van der Waals surface area contributed by atoms with Crippen molar-refractivity contribution in [2.24, 2.45) is 5.73 Å². The Balaban J connectivity index is 2.52. The molecule has 1 rings (SSSR count). The molecule has 90 valence electrons. The fraction of sp³-hybridized carbons (Fsp3) is 0.500. The molecular formula is C12H17F2NO. The highest BCUT2D eigenvalue weighted by atomic mass is 19.2. The Labute approximate surface area is 94.4 Å². The molecule has 4 heteroatoms. The van der Waals surface area contributed by atoms with Crippen LogP contribution in [0.15, 0.2) is 18.2 Å². The number of rotatable bonds is 6. The molecule has 2 N–H and O–H groups in total. The first-order valence-electron chi connectivity index (χ1n) is 5.44. The molecule has 16 heavy (non-hydrogen) atoms. The molecule has 1 aromatic carbocycles. The van der Waals surface area contributed by atoms with E-state index in [2.05, 4.69) is 0 Å². The summed E-state index contributed by atoms with van der Waals surface area (Å²) in [4.78, 5) is 0. The van der Waals surface area contributed by atoms with Crippen LogP contribution in [0.3, 0.4) is 0 Å². The van der Waals surface area contributed by atoms with E-state index in [4.69, 9.17) is 10.5 Å². The highest BCUT2D eigenvalue weighted by Crippen LogP contribution is 2.19. The summed E-state index contributed by atoms with van der Waals surface area (Å²) in [6.07, 6.45) is 1.42. The third-order valence-corrected chi connectivity index (χ3v) is 2.30. The zero-order valence-corrected chi connectivity index (χ0v) is 9.38. The predicted octanol–water partition coefficient (Wildman–Crippen LogP) is 2.78. The molecule has 0 aliphatic carbocycles. The Morgan fingerprint density at radius 1 is 1.31 bits per heavy atom. The third-order valence-electron chi connectivity index (χ3n) is 2.30. The lowest BCUT2D eigenvalue weighted by atomic mass is 10.0. The fourth-order valence-electron chi connectivity index (χ4n) is 1.42. The normalized spacial score (nSPS) is 12.8. The third kappa shape index (κ3) is 3.54. The van der Waals surface area contributed by atoms with Crippen molar-refractivity contribution in [1.29, 1.82) is 0 Å². The minimum absolute atomic E-state index is 0.208. The molecule has 0 bridgehead atoms. The van der Waals surface area contributed by atoms with Crippen LogP contribution in [0.1, 0.15) is 31.4 Å². The fourth-order valence-corrected chi connectivity index (χ4v) is 1.42. The van der Waals surface area contributed by atoms with Gasteiger partial charge >= 0.3 is 0 Å². The Bertz CT molecular complexity index is 331. The molecule has 1 unspecified atom stereocenters. The van der Waals surface area contributed by atoms with Crippen molar-refractivity contribution in [2.75, 3.05) is 13.2 Å². The average molecular weight is 229 g/mol. The van der Waals surface area contributed by atoms with Crippen LogP contribution >= 0.6 is 0 Å². The smallest absolute Gasteiger partial charge is 0.163 e. The quantitative estimate of drug-likeness (QED) is 0.761. The van der Waals surface area contributed by atoms with Gasteiger partial charge in [0.1, 0.15) is 0 Å². The van der Waals surface area contributed by atoms with Crippen LogP contribution in [0.5, 0.6) is 0 Å². The zero-order chi connectivity index (χ0) is 12.0. The topological polar surface area (TPSA) is 35.2 Å². The minimum atomic E-state index is -0.859. The molecule has 0 aliphatic rings. The lowest BCUT2D eigenvalue weighted by molar-refractivity contribution is 0.127. The molecule has 0 aromatic heterocycles. The van der Waals surface area contributed by atoms with Crippen molar-refractivity contribution in [3.05, 3.63) is 35.4 Å². The standard InChI is InChI=1S/C12H17F2NO/c1-2-7-16-8-6-11(15)9-4-3-5-10(13)12(9)14/h3-5,11H,2,6-8,15H2,1H3. The maximum absolute atomic E-state index is 13.3. The second kappa shape index (κ2) is 6.55. The Morgan fingerprint density at radius 3 is 2.75 bits per heavy atom. The highest BCUT2D eigenvalue weighted by molar-refractivity contribution is 5.22. The van der Waals surface area contributed by atoms with Gasteiger partial charge in [-0.15, -0.1) is 0 Å². The molecule has 1 atom stereocenters. The predicted molar refractivity (Wildman–Crippen MR) is 59.0 cm³/mol. The Morgan fingerprint density at radius 2 is 2.06 bits per heavy atom. The first kappa shape index (κ1) is 13.1. The van der Waals surface area contributed by atoms with E-state index in [1.807, 2.05) is 6.92 Å². The summed E-state index contributed by atoms with van der Waals surface area (Å²) < 4.78 is 31.5. The maximum Gasteiger partial charge on any atom is 0.163 e. The number of halogens is 2. The Hall–Kier alpha value is -1.00. The number of hydrogen-bond acceptors (Lipinski definition) is 2. The van der Waals surface area contributed by atoms with Crippen molar-refractivity contribution >= 4 is 0 Å². The van der Waals surface area contributed by atoms with Gasteiger partial charge in [-0.1, -0.05) is 19.1 Å². The van der Waals surface area contributed by atoms with Crippen LogP contribution in [0, 0.1) is 11.6 Å². The van der Waals surface area contributed by atoms with Gasteiger partial charge in [0.15, 0.2) is 11.6 Å². The van der Waals surface area contributed by atoms with Crippen LogP contribution in [-0.4, -0.2) is 13.2 Å². The van der Waals surface area contributed by atoms with Gasteiger partial charge in [0.2, 0.25) is 0 Å². The van der Waals surface area contributed by atoms with E-state index in [9.17, 15) is 8.78 Å². The molecule has 2 nitrogen and oxygen atoms in total. The van der Waals surface area contributed by atoms with E-state index in [-0.39, 0.29) is 5.56 Å². The van der Waals surface area contributed by atoms with E-state index < -0.39 is 17.7 Å². The van der Waals surface area contributed by atoms with Gasteiger partial charge < -0.3 is 10.5 Å². The number of nitrogens with two attached hydrogens (primary N) is 1. The summed E-state index contributed by atoms with van der Waals surface area (Å²) in [6, 6.07) is 3.52. The first-order chi connectivity index (χ1) is 7.66. The van der Waals surface area contributed by atoms with Gasteiger partial charge in [-0.3, -0.25) is 0 Å². The lowest BCUT2D eigenvalue weighted by Crippen LogP contribution is -2.15. The molecule has 0 spiro atoms. The summed E-state index contributed by atoms with van der Waals surface area (Å²) in [6.45, 7) is 3.13. The summed E-state index contributed by atoms with van der Waals surface area (Å²) in [7, 11) is 0. The zero-order valence-electron chi connectivity index (χ0n) is 9.38. The number of benzene rings is 1. The van der Waals surface area contributed by atoms with Gasteiger partial charge in [-0.25, -0.2) is 8.78 Å². The molecular weight excluding hydrogens is 212 g/mol. The van der Waals surface area contributed by atoms with Crippen LogP contribution in [0.4, 0.5) is 8.78 Å². The van der Waals surface area contributed by atoms with Gasteiger partial charge in [-0.05, 0) is 18.9 Å². The lowest BCUT2D eigenvalue weighted by Gasteiger charge is -2.13. The summed E-state index contributed by atoms with van der Waals surface area (Å²) in [5, 5.41) is 0. The van der Waals surface area contributed by atoms with Crippen molar-refractivity contribution < 1.29 is 13.5 Å². The van der Waals surface area contributed by atoms with Crippen LogP contribution < -0.4 is 5.73 Å². The first-order valence-corrected chi connectivity index (χ1v) is 5.44. The van der Waals surface area contributed by atoms with Gasteiger partial charge in [0.05, 0.1) is 0 Å². The van der Waals surface area contributed by atoms with Crippen molar-refractivity contribution in [1.82, 2.24) is 0 Å². The molecule has 0 heterocycles. The van der Waals surface area contributed by atoms with Gasteiger partial charge in [0, 0.05) is 24.8 Å². The molecule has 1 aromatic rings. The van der Waals surface area contributed by atoms with Crippen LogP contribution in [-0.2, 0) is 4.74 Å². The second-order valence-corrected chi connectivity index (χ2v) is 3.65. The van der Waals surface area contributed by atoms with Crippen molar-refractivity contribution in [3.8, 4) is 0 Å². The van der Waals surface area contributed by atoms with E-state index in [1.165, 1.54) is 12.1 Å². The summed E-state index contributed by atoms with van der Waals surface area (Å²) >= 11 is 0. The van der Waals surface area contributed by atoms with Crippen LogP contribution in [0.2, 0.25) is 0 Å². The van der Waals surface area contributed by atoms with Crippen molar-refractivity contribution in [2.45, 2.75) is 25.8 Å². The van der Waals surface area contributed by atoms with E-state index >= 15 is 0 Å². The Kier molecular flexibility index (Phi) is 5.35. The largest absolute Gasteiger partial charge is 0.381 e. The second-order valence-electron chi connectivity index (χ2n) is 3.65. The molecule has 0 saturated carbocycles. The molecule has 0 saturated heterocycles. The number of ether oxygens (including phenoxy) is 1.